The number of halogens is 3. The van der Waals surface area contributed by atoms with E-state index >= 15 is 0 Å². The number of carbonyl (C=O) groups is 3. The van der Waals surface area contributed by atoms with Crippen LogP contribution in [0.1, 0.15) is 41.3 Å². The number of nitrogens with one attached hydrogen (secondary N) is 2. The van der Waals surface area contributed by atoms with Gasteiger partial charge in [-0.15, -0.1) is 0 Å². The molecule has 1 atom stereocenters. The Balaban J connectivity index is 0.000000192. The third-order valence-electron chi connectivity index (χ3n) is 9.10. The van der Waals surface area contributed by atoms with Crippen LogP contribution in [0.25, 0.3) is 5.69 Å². The van der Waals surface area contributed by atoms with E-state index in [-0.39, 0.29) is 12.3 Å². The highest BCUT2D eigenvalue weighted by molar-refractivity contribution is 6.03. The molecule has 2 aromatic heterocycles. The van der Waals surface area contributed by atoms with Gasteiger partial charge < -0.3 is 15.4 Å². The molecule has 12 nitrogen and oxygen atoms in total. The van der Waals surface area contributed by atoms with Crippen LogP contribution in [0.2, 0.25) is 0 Å². The van der Waals surface area contributed by atoms with Crippen LogP contribution in [0.3, 0.4) is 0 Å². The van der Waals surface area contributed by atoms with Crippen molar-refractivity contribution in [2.75, 3.05) is 44.3 Å². The maximum absolute atomic E-state index is 13.0. The summed E-state index contributed by atoms with van der Waals surface area (Å²) in [6.45, 7) is 9.21. The lowest BCUT2D eigenvalue weighted by molar-refractivity contribution is -0.186. The number of rotatable bonds is 9. The predicted octanol–water partition coefficient (Wildman–Crippen LogP) is 3.97. The van der Waals surface area contributed by atoms with Crippen LogP contribution in [-0.2, 0) is 33.5 Å². The second-order valence-corrected chi connectivity index (χ2v) is 12.9. The van der Waals surface area contributed by atoms with E-state index in [0.717, 1.165) is 61.4 Å². The van der Waals surface area contributed by atoms with E-state index in [1.807, 2.05) is 73.7 Å². The van der Waals surface area contributed by atoms with Crippen molar-refractivity contribution in [1.82, 2.24) is 35.3 Å². The molecule has 0 saturated carbocycles. The quantitative estimate of drug-likeness (QED) is 0.249. The molecule has 272 valence electrons. The number of carbonyl (C=O) groups excluding carboxylic acids is 3. The SMILES string of the molecule is C/C=C(\CN1CC2(COC2)C1)C(=O)NCc1ccccc1.CCN1C(=O)C(NC(=O)c2nccc(C(F)(F)F)n2)Cc2cnn(-c3ccccc3)c21. The second kappa shape index (κ2) is 15.5. The van der Waals surface area contributed by atoms with Crippen LogP contribution < -0.4 is 15.5 Å². The molecule has 1 unspecified atom stereocenters. The van der Waals surface area contributed by atoms with Crippen molar-refractivity contribution < 1.29 is 32.3 Å². The van der Waals surface area contributed by atoms with E-state index in [9.17, 15) is 27.6 Å². The molecule has 0 aliphatic carbocycles. The number of nitrogens with zero attached hydrogens (tertiary/aromatic N) is 6. The summed E-state index contributed by atoms with van der Waals surface area (Å²) in [7, 11) is 0. The van der Waals surface area contributed by atoms with Crippen LogP contribution in [0.15, 0.2) is 90.8 Å². The van der Waals surface area contributed by atoms with Gasteiger partial charge in [0, 0.05) is 61.9 Å². The number of hydrogen-bond acceptors (Lipinski definition) is 8. The normalized spacial score (nSPS) is 18.0. The second-order valence-electron chi connectivity index (χ2n) is 12.9. The average molecular weight is 717 g/mol. The zero-order chi connectivity index (χ0) is 36.9. The summed E-state index contributed by atoms with van der Waals surface area (Å²) in [5.74, 6) is -1.38. The Labute approximate surface area is 298 Å². The van der Waals surface area contributed by atoms with Crippen LogP contribution in [0.5, 0.6) is 0 Å². The molecule has 2 aromatic carbocycles. The summed E-state index contributed by atoms with van der Waals surface area (Å²) in [5, 5.41) is 9.82. The van der Waals surface area contributed by atoms with Crippen LogP contribution in [0.4, 0.5) is 19.0 Å². The van der Waals surface area contributed by atoms with Gasteiger partial charge in [-0.25, -0.2) is 14.6 Å². The zero-order valence-electron chi connectivity index (χ0n) is 28.8. The van der Waals surface area contributed by atoms with Crippen LogP contribution in [0, 0.1) is 5.41 Å². The van der Waals surface area contributed by atoms with Gasteiger partial charge in [0.1, 0.15) is 17.6 Å². The number of amides is 3. The fourth-order valence-corrected chi connectivity index (χ4v) is 6.45. The van der Waals surface area contributed by atoms with Crippen LogP contribution >= 0.6 is 0 Å². The molecule has 0 radical (unpaired) electrons. The number of ether oxygens (including phenoxy) is 1. The van der Waals surface area contributed by atoms with E-state index in [0.29, 0.717) is 30.4 Å². The van der Waals surface area contributed by atoms with Gasteiger partial charge in [0.15, 0.2) is 0 Å². The minimum Gasteiger partial charge on any atom is -0.380 e. The molecule has 2 fully saturated rings. The number of likely N-dealkylation sites (tertiary alicyclic amines) is 1. The summed E-state index contributed by atoms with van der Waals surface area (Å²) in [5.41, 5.74) is 2.64. The lowest BCUT2D eigenvalue weighted by Gasteiger charge is -2.55. The molecule has 0 bridgehead atoms. The molecule has 3 amide bonds. The molecule has 7 rings (SSSR count). The highest BCUT2D eigenvalue weighted by atomic mass is 19.4. The van der Waals surface area contributed by atoms with E-state index in [1.54, 1.807) is 17.8 Å². The molecule has 52 heavy (non-hydrogen) atoms. The highest BCUT2D eigenvalue weighted by Crippen LogP contribution is 2.37. The van der Waals surface area contributed by atoms with Crippen molar-refractivity contribution in [2.45, 2.75) is 39.0 Å². The zero-order valence-corrected chi connectivity index (χ0v) is 28.8. The molecule has 2 N–H and O–H groups in total. The standard InChI is InChI=1S/C20H17F3N6O2.C17H22N2O2/c1-2-28-18-12(11-25-29(18)13-6-4-3-5-7-13)10-14(19(28)31)26-17(30)16-24-9-8-15(27-16)20(21,22)23;1-2-15(9-19-10-17(11-19)12-21-13-17)16(20)18-8-14-6-4-3-5-7-14/h3-9,11,14H,2,10H2,1H3,(H,26,30);2-7H,8-13H2,1H3,(H,18,20)/b;15-2+. The first kappa shape index (κ1) is 36.4. The summed E-state index contributed by atoms with van der Waals surface area (Å²) in [6, 6.07) is 18.9. The van der Waals surface area contributed by atoms with Crippen molar-refractivity contribution in [3.63, 3.8) is 0 Å². The third kappa shape index (κ3) is 8.05. The number of fused-ring (bicyclic) bond motifs is 1. The van der Waals surface area contributed by atoms with E-state index < -0.39 is 35.6 Å². The summed E-state index contributed by atoms with van der Waals surface area (Å²) in [4.78, 5) is 48.4. The smallest absolute Gasteiger partial charge is 0.380 e. The van der Waals surface area contributed by atoms with Gasteiger partial charge in [0.25, 0.3) is 11.8 Å². The van der Waals surface area contributed by atoms with Gasteiger partial charge in [0.05, 0.1) is 25.1 Å². The average Bonchev–Trinajstić information content (AvgIpc) is 3.54. The molecule has 3 aliphatic rings. The minimum atomic E-state index is -4.71. The number of anilines is 1. The maximum Gasteiger partial charge on any atom is 0.433 e. The highest BCUT2D eigenvalue weighted by Gasteiger charge is 2.49. The molecular weight excluding hydrogens is 677 g/mol. The number of likely N-dealkylation sites (N-methyl/N-ethyl adjacent to an activating group) is 1. The number of allylic oxidation sites excluding steroid dienone is 1. The topological polar surface area (TPSA) is 135 Å². The Hall–Kier alpha value is -5.41. The molecule has 1 spiro atoms. The first-order valence-corrected chi connectivity index (χ1v) is 16.9. The number of para-hydroxylation sites is 1. The van der Waals surface area contributed by atoms with Crippen molar-refractivity contribution in [1.29, 1.82) is 0 Å². The molecule has 2 saturated heterocycles. The molecule has 5 heterocycles. The minimum absolute atomic E-state index is 0.0344. The first-order valence-electron chi connectivity index (χ1n) is 16.9. The van der Waals surface area contributed by atoms with Crippen LogP contribution in [-0.4, -0.2) is 87.8 Å². The lowest BCUT2D eigenvalue weighted by Crippen LogP contribution is -2.66. The third-order valence-corrected chi connectivity index (χ3v) is 9.10. The number of benzene rings is 2. The van der Waals surface area contributed by atoms with E-state index in [2.05, 4.69) is 30.6 Å². The Bertz CT molecular complexity index is 1920. The van der Waals surface area contributed by atoms with Gasteiger partial charge in [-0.2, -0.15) is 18.3 Å². The Morgan fingerprint density at radius 2 is 1.73 bits per heavy atom. The van der Waals surface area contributed by atoms with Crippen molar-refractivity contribution in [3.05, 3.63) is 113 Å². The Morgan fingerprint density at radius 1 is 1.04 bits per heavy atom. The van der Waals surface area contributed by atoms with Gasteiger partial charge >= 0.3 is 6.18 Å². The lowest BCUT2D eigenvalue weighted by atomic mass is 9.78. The number of aromatic nitrogens is 4. The monoisotopic (exact) mass is 716 g/mol. The summed E-state index contributed by atoms with van der Waals surface area (Å²) < 4.78 is 45.5. The fourth-order valence-electron chi connectivity index (χ4n) is 6.45. The van der Waals surface area contributed by atoms with E-state index in [1.165, 1.54) is 4.90 Å². The van der Waals surface area contributed by atoms with Gasteiger partial charge in [0.2, 0.25) is 11.7 Å². The maximum atomic E-state index is 13.0. The fraction of sp³-hybridized carbons (Fsp3) is 0.351. The summed E-state index contributed by atoms with van der Waals surface area (Å²) >= 11 is 0. The predicted molar refractivity (Wildman–Crippen MR) is 185 cm³/mol. The Morgan fingerprint density at radius 3 is 2.35 bits per heavy atom. The largest absolute Gasteiger partial charge is 0.433 e. The molecular formula is C37H39F3N8O4. The van der Waals surface area contributed by atoms with Gasteiger partial charge in [-0.1, -0.05) is 54.6 Å². The van der Waals surface area contributed by atoms with E-state index in [4.69, 9.17) is 4.74 Å². The molecule has 4 aromatic rings. The first-order chi connectivity index (χ1) is 25.0. The van der Waals surface area contributed by atoms with Crippen molar-refractivity contribution >= 4 is 23.5 Å². The summed E-state index contributed by atoms with van der Waals surface area (Å²) in [6.07, 6.45) is -0.186. The number of alkyl halides is 3. The number of hydrogen-bond donors (Lipinski definition) is 2. The van der Waals surface area contributed by atoms with Crippen molar-refractivity contribution in [2.24, 2.45) is 5.41 Å². The Kier molecular flexibility index (Phi) is 10.8. The van der Waals surface area contributed by atoms with Gasteiger partial charge in [-0.05, 0) is 37.6 Å². The van der Waals surface area contributed by atoms with Crippen molar-refractivity contribution in [3.8, 4) is 5.69 Å². The molecule has 15 heteroatoms. The molecule has 3 aliphatic heterocycles. The van der Waals surface area contributed by atoms with Gasteiger partial charge in [-0.3, -0.25) is 24.2 Å².